The Morgan fingerprint density at radius 3 is 3.18 bits per heavy atom. The van der Waals surface area contributed by atoms with Gasteiger partial charge in [-0.3, -0.25) is 9.59 Å². The number of nitrogens with one attached hydrogen (secondary N) is 2. The third-order valence-corrected chi connectivity index (χ3v) is 3.34. The lowest BCUT2D eigenvalue weighted by atomic mass is 10.2. The van der Waals surface area contributed by atoms with Crippen LogP contribution in [0, 0.1) is 0 Å². The van der Waals surface area contributed by atoms with E-state index in [9.17, 15) is 9.59 Å². The molecule has 8 heteroatoms. The fourth-order valence-electron chi connectivity index (χ4n) is 2.27. The van der Waals surface area contributed by atoms with Crippen LogP contribution in [0.3, 0.4) is 0 Å². The maximum absolute atomic E-state index is 12.2. The number of methoxy groups -OCH3 is 1. The quantitative estimate of drug-likeness (QED) is 0.846. The van der Waals surface area contributed by atoms with Gasteiger partial charge in [0.15, 0.2) is 0 Å². The summed E-state index contributed by atoms with van der Waals surface area (Å²) >= 11 is 0. The standard InChI is InChI=1S/C14H16N4O4/c1-21-11-6-12(19)15-8-10(11)14(20)16-7-9-5-13-18(17-9)3-2-4-22-13/h5-6,8H,2-4,7H2,1H3,(H,15,19)(H,16,20). The van der Waals surface area contributed by atoms with Crippen LogP contribution >= 0.6 is 0 Å². The van der Waals surface area contributed by atoms with Crippen LogP contribution in [-0.2, 0) is 13.1 Å². The molecule has 3 rings (SSSR count). The number of carbonyl (C=O) groups excluding carboxylic acids is 1. The molecule has 22 heavy (non-hydrogen) atoms. The average Bonchev–Trinajstić information content (AvgIpc) is 2.95. The molecule has 1 amide bonds. The lowest BCUT2D eigenvalue weighted by molar-refractivity contribution is 0.0947. The van der Waals surface area contributed by atoms with Gasteiger partial charge in [-0.2, -0.15) is 5.10 Å². The predicted molar refractivity (Wildman–Crippen MR) is 77.1 cm³/mol. The fraction of sp³-hybridized carbons (Fsp3) is 0.357. The molecule has 0 radical (unpaired) electrons. The Bertz CT molecular complexity index is 726. The zero-order valence-corrected chi connectivity index (χ0v) is 12.1. The van der Waals surface area contributed by atoms with E-state index >= 15 is 0 Å². The number of rotatable bonds is 4. The molecule has 116 valence electrons. The van der Waals surface area contributed by atoms with Crippen molar-refractivity contribution in [1.29, 1.82) is 0 Å². The van der Waals surface area contributed by atoms with Crippen molar-refractivity contribution in [2.24, 2.45) is 0 Å². The van der Waals surface area contributed by atoms with E-state index in [1.54, 1.807) is 4.68 Å². The molecule has 3 heterocycles. The molecule has 2 aromatic heterocycles. The van der Waals surface area contributed by atoms with E-state index in [1.807, 2.05) is 6.07 Å². The lowest BCUT2D eigenvalue weighted by Gasteiger charge is -2.13. The summed E-state index contributed by atoms with van der Waals surface area (Å²) in [6.07, 6.45) is 2.26. The van der Waals surface area contributed by atoms with Crippen molar-refractivity contribution in [1.82, 2.24) is 20.1 Å². The molecule has 0 fully saturated rings. The van der Waals surface area contributed by atoms with Crippen LogP contribution < -0.4 is 20.3 Å². The van der Waals surface area contributed by atoms with Crippen LogP contribution in [0.1, 0.15) is 22.5 Å². The van der Waals surface area contributed by atoms with Gasteiger partial charge in [0.25, 0.3) is 11.5 Å². The Morgan fingerprint density at radius 2 is 2.41 bits per heavy atom. The minimum Gasteiger partial charge on any atom is -0.496 e. The van der Waals surface area contributed by atoms with Crippen LogP contribution in [-0.4, -0.2) is 34.4 Å². The summed E-state index contributed by atoms with van der Waals surface area (Å²) in [7, 11) is 1.41. The number of nitrogens with zero attached hydrogens (tertiary/aromatic N) is 2. The van der Waals surface area contributed by atoms with Crippen LogP contribution in [0.2, 0.25) is 0 Å². The van der Waals surface area contributed by atoms with Crippen molar-refractivity contribution in [3.05, 3.63) is 39.9 Å². The molecule has 0 aliphatic carbocycles. The number of carbonyl (C=O) groups is 1. The van der Waals surface area contributed by atoms with Gasteiger partial charge in [-0.05, 0) is 0 Å². The summed E-state index contributed by atoms with van der Waals surface area (Å²) in [5.41, 5.74) is 0.656. The first-order chi connectivity index (χ1) is 10.7. The molecule has 1 aliphatic heterocycles. The van der Waals surface area contributed by atoms with E-state index in [-0.39, 0.29) is 29.3 Å². The number of H-pyrrole nitrogens is 1. The number of aromatic nitrogens is 3. The first-order valence-electron chi connectivity index (χ1n) is 6.92. The second-order valence-electron chi connectivity index (χ2n) is 4.86. The molecule has 1 aliphatic rings. The Hall–Kier alpha value is -2.77. The average molecular weight is 304 g/mol. The van der Waals surface area contributed by atoms with Crippen molar-refractivity contribution < 1.29 is 14.3 Å². The molecule has 0 bridgehead atoms. The van der Waals surface area contributed by atoms with E-state index in [1.165, 1.54) is 19.4 Å². The highest BCUT2D eigenvalue weighted by Gasteiger charge is 2.16. The van der Waals surface area contributed by atoms with E-state index in [4.69, 9.17) is 9.47 Å². The largest absolute Gasteiger partial charge is 0.496 e. The smallest absolute Gasteiger partial charge is 0.256 e. The predicted octanol–water partition coefficient (Wildman–Crippen LogP) is 0.292. The number of aryl methyl sites for hydroxylation is 1. The number of pyridine rings is 1. The van der Waals surface area contributed by atoms with E-state index in [0.29, 0.717) is 12.3 Å². The summed E-state index contributed by atoms with van der Waals surface area (Å²) in [4.78, 5) is 25.9. The highest BCUT2D eigenvalue weighted by atomic mass is 16.5. The van der Waals surface area contributed by atoms with Crippen LogP contribution in [0.25, 0.3) is 0 Å². The van der Waals surface area contributed by atoms with Gasteiger partial charge in [0.1, 0.15) is 5.75 Å². The van der Waals surface area contributed by atoms with Crippen LogP contribution in [0.5, 0.6) is 11.6 Å². The fourth-order valence-corrected chi connectivity index (χ4v) is 2.27. The molecule has 2 aromatic rings. The Morgan fingerprint density at radius 1 is 1.55 bits per heavy atom. The monoisotopic (exact) mass is 304 g/mol. The molecule has 8 nitrogen and oxygen atoms in total. The van der Waals surface area contributed by atoms with Crippen molar-refractivity contribution in [2.75, 3.05) is 13.7 Å². The van der Waals surface area contributed by atoms with Gasteiger partial charge < -0.3 is 19.8 Å². The van der Waals surface area contributed by atoms with Gasteiger partial charge in [0, 0.05) is 31.3 Å². The molecular weight excluding hydrogens is 288 g/mol. The molecule has 2 N–H and O–H groups in total. The topological polar surface area (TPSA) is 98.2 Å². The van der Waals surface area contributed by atoms with E-state index in [2.05, 4.69) is 15.4 Å². The maximum atomic E-state index is 12.2. The van der Waals surface area contributed by atoms with Gasteiger partial charge in [-0.1, -0.05) is 0 Å². The Labute approximate surface area is 126 Å². The highest BCUT2D eigenvalue weighted by Crippen LogP contribution is 2.18. The second kappa shape index (κ2) is 5.92. The summed E-state index contributed by atoms with van der Waals surface area (Å²) in [5, 5.41) is 7.11. The summed E-state index contributed by atoms with van der Waals surface area (Å²) in [5.74, 6) is 0.603. The molecule has 0 atom stereocenters. The number of amides is 1. The number of hydrogen-bond donors (Lipinski definition) is 2. The molecule has 0 saturated carbocycles. The third-order valence-electron chi connectivity index (χ3n) is 3.34. The minimum atomic E-state index is -0.347. The summed E-state index contributed by atoms with van der Waals surface area (Å²) in [6, 6.07) is 3.04. The number of fused-ring (bicyclic) bond motifs is 1. The normalized spacial score (nSPS) is 13.1. The number of hydrogen-bond acceptors (Lipinski definition) is 5. The third kappa shape index (κ3) is 2.80. The molecule has 0 unspecified atom stereocenters. The molecule has 0 saturated heterocycles. The Balaban J connectivity index is 1.70. The van der Waals surface area contributed by atoms with E-state index in [0.717, 1.165) is 18.8 Å². The van der Waals surface area contributed by atoms with Crippen molar-refractivity contribution in [3.63, 3.8) is 0 Å². The summed E-state index contributed by atoms with van der Waals surface area (Å²) < 4.78 is 12.3. The first kappa shape index (κ1) is 14.2. The lowest BCUT2D eigenvalue weighted by Crippen LogP contribution is -2.25. The number of ether oxygens (including phenoxy) is 2. The minimum absolute atomic E-state index is 0.230. The zero-order chi connectivity index (χ0) is 15.5. The molecule has 0 spiro atoms. The first-order valence-corrected chi connectivity index (χ1v) is 6.92. The summed E-state index contributed by atoms with van der Waals surface area (Å²) in [6.45, 7) is 1.77. The molecular formula is C14H16N4O4. The van der Waals surface area contributed by atoms with Crippen molar-refractivity contribution in [2.45, 2.75) is 19.5 Å². The maximum Gasteiger partial charge on any atom is 0.256 e. The van der Waals surface area contributed by atoms with Gasteiger partial charge >= 0.3 is 0 Å². The van der Waals surface area contributed by atoms with E-state index < -0.39 is 0 Å². The van der Waals surface area contributed by atoms with Crippen molar-refractivity contribution in [3.8, 4) is 11.6 Å². The van der Waals surface area contributed by atoms with Crippen molar-refractivity contribution >= 4 is 5.91 Å². The Kier molecular flexibility index (Phi) is 3.82. The zero-order valence-electron chi connectivity index (χ0n) is 12.1. The van der Waals surface area contributed by atoms with Gasteiger partial charge in [-0.15, -0.1) is 0 Å². The second-order valence-corrected chi connectivity index (χ2v) is 4.86. The van der Waals surface area contributed by atoms with Crippen LogP contribution in [0.15, 0.2) is 23.1 Å². The van der Waals surface area contributed by atoms with Crippen LogP contribution in [0.4, 0.5) is 0 Å². The van der Waals surface area contributed by atoms with Gasteiger partial charge in [0.05, 0.1) is 31.5 Å². The molecule has 0 aromatic carbocycles. The van der Waals surface area contributed by atoms with Gasteiger partial charge in [0.2, 0.25) is 5.88 Å². The highest BCUT2D eigenvalue weighted by molar-refractivity contribution is 5.96. The van der Waals surface area contributed by atoms with Gasteiger partial charge in [-0.25, -0.2) is 4.68 Å². The SMILES string of the molecule is COc1cc(=O)[nH]cc1C(=O)NCc1cc2n(n1)CCCO2. The number of aromatic amines is 1.